The normalized spacial score (nSPS) is 11.4. The SMILES string of the molecule is COc1ccc(CCn2c(-c3csc(COc4ccc(C(C)(C)C)cc4)n3)cc(C(=O)O)c2C)cc1OC. The van der Waals surface area contributed by atoms with Crippen molar-refractivity contribution in [3.63, 3.8) is 0 Å². The lowest BCUT2D eigenvalue weighted by Gasteiger charge is -2.19. The summed E-state index contributed by atoms with van der Waals surface area (Å²) in [6.45, 7) is 9.31. The van der Waals surface area contributed by atoms with Crippen LogP contribution in [-0.2, 0) is 25.0 Å². The van der Waals surface area contributed by atoms with Gasteiger partial charge in [0.05, 0.1) is 31.2 Å². The molecule has 7 nitrogen and oxygen atoms in total. The van der Waals surface area contributed by atoms with E-state index in [1.165, 1.54) is 16.9 Å². The summed E-state index contributed by atoms with van der Waals surface area (Å²) in [4.78, 5) is 16.7. The third-order valence-electron chi connectivity index (χ3n) is 6.57. The van der Waals surface area contributed by atoms with Gasteiger partial charge in [0, 0.05) is 17.6 Å². The van der Waals surface area contributed by atoms with Gasteiger partial charge in [-0.15, -0.1) is 11.3 Å². The van der Waals surface area contributed by atoms with Crippen LogP contribution >= 0.6 is 11.3 Å². The Kier molecular flexibility index (Phi) is 8.11. The van der Waals surface area contributed by atoms with Gasteiger partial charge in [-0.05, 0) is 60.2 Å². The highest BCUT2D eigenvalue weighted by Gasteiger charge is 2.20. The number of carboxylic acids is 1. The lowest BCUT2D eigenvalue weighted by Crippen LogP contribution is -2.10. The van der Waals surface area contributed by atoms with Crippen molar-refractivity contribution in [3.8, 4) is 28.6 Å². The monoisotopic (exact) mass is 534 g/mol. The van der Waals surface area contributed by atoms with E-state index in [0.29, 0.717) is 36.8 Å². The minimum absolute atomic E-state index is 0.0873. The largest absolute Gasteiger partial charge is 0.493 e. The number of hydrogen-bond donors (Lipinski definition) is 1. The Balaban J connectivity index is 1.52. The number of ether oxygens (including phenoxy) is 3. The minimum Gasteiger partial charge on any atom is -0.493 e. The molecule has 0 unspecified atom stereocenters. The average Bonchev–Trinajstić information content (AvgIpc) is 3.50. The van der Waals surface area contributed by atoms with Crippen molar-refractivity contribution < 1.29 is 24.1 Å². The quantitative estimate of drug-likeness (QED) is 0.242. The highest BCUT2D eigenvalue weighted by molar-refractivity contribution is 7.09. The van der Waals surface area contributed by atoms with E-state index >= 15 is 0 Å². The molecule has 0 amide bonds. The molecular weight excluding hydrogens is 500 g/mol. The molecule has 2 heterocycles. The summed E-state index contributed by atoms with van der Waals surface area (Å²) in [5.41, 5.74) is 4.87. The van der Waals surface area contributed by atoms with Gasteiger partial charge in [0.1, 0.15) is 17.4 Å². The number of carbonyl (C=O) groups is 1. The maximum Gasteiger partial charge on any atom is 0.337 e. The summed E-state index contributed by atoms with van der Waals surface area (Å²) < 4.78 is 18.8. The molecule has 38 heavy (non-hydrogen) atoms. The van der Waals surface area contributed by atoms with Crippen LogP contribution in [0.15, 0.2) is 53.9 Å². The smallest absolute Gasteiger partial charge is 0.337 e. The summed E-state index contributed by atoms with van der Waals surface area (Å²) in [5.74, 6) is 1.17. The van der Waals surface area contributed by atoms with Crippen LogP contribution in [0, 0.1) is 6.92 Å². The summed E-state index contributed by atoms with van der Waals surface area (Å²) in [7, 11) is 3.22. The molecule has 0 saturated carbocycles. The van der Waals surface area contributed by atoms with E-state index in [1.807, 2.05) is 47.2 Å². The Bertz CT molecular complexity index is 1410. The zero-order valence-corrected chi connectivity index (χ0v) is 23.5. The predicted molar refractivity (Wildman–Crippen MR) is 150 cm³/mol. The number of aryl methyl sites for hydroxylation is 1. The first kappa shape index (κ1) is 27.3. The van der Waals surface area contributed by atoms with E-state index in [9.17, 15) is 9.90 Å². The van der Waals surface area contributed by atoms with Crippen LogP contribution < -0.4 is 14.2 Å². The van der Waals surface area contributed by atoms with Crippen molar-refractivity contribution in [1.82, 2.24) is 9.55 Å². The number of hydrogen-bond acceptors (Lipinski definition) is 6. The van der Waals surface area contributed by atoms with Crippen LogP contribution in [0.25, 0.3) is 11.4 Å². The van der Waals surface area contributed by atoms with Gasteiger partial charge in [-0.1, -0.05) is 39.0 Å². The molecule has 1 N–H and O–H groups in total. The fraction of sp³-hybridized carbons (Fsp3) is 0.333. The van der Waals surface area contributed by atoms with Crippen molar-refractivity contribution >= 4 is 17.3 Å². The molecule has 2 aromatic heterocycles. The molecule has 0 aliphatic carbocycles. The molecule has 0 saturated heterocycles. The van der Waals surface area contributed by atoms with Gasteiger partial charge in [0.25, 0.3) is 0 Å². The summed E-state index contributed by atoms with van der Waals surface area (Å²) in [6.07, 6.45) is 0.687. The highest BCUT2D eigenvalue weighted by atomic mass is 32.1. The number of aromatic nitrogens is 2. The maximum atomic E-state index is 11.9. The summed E-state index contributed by atoms with van der Waals surface area (Å²) in [5, 5.41) is 12.5. The fourth-order valence-electron chi connectivity index (χ4n) is 4.33. The summed E-state index contributed by atoms with van der Waals surface area (Å²) in [6, 6.07) is 15.7. The van der Waals surface area contributed by atoms with Gasteiger partial charge in [0.2, 0.25) is 0 Å². The molecule has 0 atom stereocenters. The van der Waals surface area contributed by atoms with Crippen molar-refractivity contribution in [2.24, 2.45) is 0 Å². The van der Waals surface area contributed by atoms with E-state index in [4.69, 9.17) is 19.2 Å². The van der Waals surface area contributed by atoms with Gasteiger partial charge >= 0.3 is 5.97 Å². The van der Waals surface area contributed by atoms with Crippen LogP contribution in [-0.4, -0.2) is 34.8 Å². The zero-order valence-electron chi connectivity index (χ0n) is 22.7. The summed E-state index contributed by atoms with van der Waals surface area (Å²) >= 11 is 1.50. The second kappa shape index (κ2) is 11.3. The van der Waals surface area contributed by atoms with Gasteiger partial charge in [-0.2, -0.15) is 0 Å². The molecule has 0 spiro atoms. The molecule has 0 bridgehead atoms. The van der Waals surface area contributed by atoms with Crippen molar-refractivity contribution in [2.45, 2.75) is 52.7 Å². The molecule has 8 heteroatoms. The highest BCUT2D eigenvalue weighted by Crippen LogP contribution is 2.31. The first-order valence-corrected chi connectivity index (χ1v) is 13.3. The first-order chi connectivity index (χ1) is 18.1. The van der Waals surface area contributed by atoms with E-state index < -0.39 is 5.97 Å². The number of thiazole rings is 1. The molecule has 0 fully saturated rings. The number of aromatic carboxylic acids is 1. The molecular formula is C30H34N2O5S. The lowest BCUT2D eigenvalue weighted by molar-refractivity contribution is 0.0696. The average molecular weight is 535 g/mol. The van der Waals surface area contributed by atoms with Crippen LogP contribution in [0.5, 0.6) is 17.2 Å². The Hall–Kier alpha value is -3.78. The number of carboxylic acid groups (broad SMARTS) is 1. The number of benzene rings is 2. The molecule has 2 aromatic carbocycles. The lowest BCUT2D eigenvalue weighted by atomic mass is 9.87. The molecule has 4 rings (SSSR count). The maximum absolute atomic E-state index is 11.9. The second-order valence-electron chi connectivity index (χ2n) is 10.1. The van der Waals surface area contributed by atoms with Gasteiger partial charge < -0.3 is 23.9 Å². The van der Waals surface area contributed by atoms with Crippen LogP contribution in [0.2, 0.25) is 0 Å². The van der Waals surface area contributed by atoms with Crippen LogP contribution in [0.1, 0.15) is 53.0 Å². The number of nitrogens with zero attached hydrogens (tertiary/aromatic N) is 2. The number of methoxy groups -OCH3 is 2. The van der Waals surface area contributed by atoms with Crippen LogP contribution in [0.3, 0.4) is 0 Å². The Morgan fingerprint density at radius 2 is 1.74 bits per heavy atom. The molecule has 200 valence electrons. The van der Waals surface area contributed by atoms with Crippen molar-refractivity contribution in [3.05, 3.63) is 81.3 Å². The molecule has 0 radical (unpaired) electrons. The first-order valence-electron chi connectivity index (χ1n) is 12.4. The Morgan fingerprint density at radius 3 is 2.37 bits per heavy atom. The molecule has 4 aromatic rings. The van der Waals surface area contributed by atoms with Crippen molar-refractivity contribution in [2.75, 3.05) is 14.2 Å². The predicted octanol–water partition coefficient (Wildman–Crippen LogP) is 6.75. The van der Waals surface area contributed by atoms with Crippen LogP contribution in [0.4, 0.5) is 0 Å². The standard InChI is InChI=1S/C30H34N2O5S/c1-19-23(29(33)34)16-25(32(19)14-13-20-7-12-26(35-5)27(15-20)36-6)24-18-38-28(31-24)17-37-22-10-8-21(9-11-22)30(2,3)4/h7-12,15-16,18H,13-14,17H2,1-6H3,(H,33,34). The third-order valence-corrected chi connectivity index (χ3v) is 7.39. The van der Waals surface area contributed by atoms with Gasteiger partial charge in [-0.25, -0.2) is 9.78 Å². The number of rotatable bonds is 10. The molecule has 0 aliphatic heterocycles. The third kappa shape index (κ3) is 6.02. The fourth-order valence-corrected chi connectivity index (χ4v) is 5.03. The van der Waals surface area contributed by atoms with E-state index in [1.54, 1.807) is 20.3 Å². The Labute approximate surface area is 227 Å². The van der Waals surface area contributed by atoms with E-state index in [2.05, 4.69) is 32.9 Å². The van der Waals surface area contributed by atoms with Gasteiger partial charge in [0.15, 0.2) is 11.5 Å². The van der Waals surface area contributed by atoms with Gasteiger partial charge in [-0.3, -0.25) is 0 Å². The molecule has 0 aliphatic rings. The van der Waals surface area contributed by atoms with E-state index in [0.717, 1.165) is 27.7 Å². The topological polar surface area (TPSA) is 82.8 Å². The Morgan fingerprint density at radius 1 is 1.03 bits per heavy atom. The van der Waals surface area contributed by atoms with E-state index in [-0.39, 0.29) is 11.0 Å². The second-order valence-corrected chi connectivity index (χ2v) is 11.1. The zero-order chi connectivity index (χ0) is 27.4. The minimum atomic E-state index is -0.953. The van der Waals surface area contributed by atoms with Crippen molar-refractivity contribution in [1.29, 1.82) is 0 Å².